The first-order valence-corrected chi connectivity index (χ1v) is 9.11. The van der Waals surface area contributed by atoms with E-state index in [0.717, 1.165) is 7.11 Å². The molecule has 0 aliphatic heterocycles. The van der Waals surface area contributed by atoms with Crippen molar-refractivity contribution < 1.29 is 22.4 Å². The fraction of sp³-hybridized carbons (Fsp3) is 0.0588. The maximum absolute atomic E-state index is 12.7. The Labute approximate surface area is 153 Å². The first-order chi connectivity index (χ1) is 12.3. The fourth-order valence-electron chi connectivity index (χ4n) is 2.37. The second kappa shape index (κ2) is 6.81. The number of benzene rings is 2. The minimum absolute atomic E-state index is 0.0417. The number of hydrogen-bond donors (Lipinski definition) is 1. The maximum atomic E-state index is 12.7. The quantitative estimate of drug-likeness (QED) is 0.540. The number of carbonyl (C=O) groups is 1. The van der Waals surface area contributed by atoms with Crippen LogP contribution in [0.25, 0.3) is 11.0 Å². The van der Waals surface area contributed by atoms with Crippen LogP contribution in [-0.4, -0.2) is 21.5 Å². The van der Waals surface area contributed by atoms with E-state index >= 15 is 0 Å². The molecular formula is C17H12ClNO6S. The SMILES string of the molecule is COC(=O)c1c(Cl)cccc1S(=O)(=O)Nc1ccc2oc(=O)ccc2c1. The molecule has 3 rings (SSSR count). The lowest BCUT2D eigenvalue weighted by molar-refractivity contribution is 0.0596. The van der Waals surface area contributed by atoms with Crippen LogP contribution in [0.15, 0.2) is 62.6 Å². The summed E-state index contributed by atoms with van der Waals surface area (Å²) in [7, 11) is -2.99. The summed E-state index contributed by atoms with van der Waals surface area (Å²) in [6.07, 6.45) is 0. The Hall–Kier alpha value is -2.84. The van der Waals surface area contributed by atoms with Crippen molar-refractivity contribution in [1.29, 1.82) is 0 Å². The molecule has 0 saturated heterocycles. The molecular weight excluding hydrogens is 382 g/mol. The van der Waals surface area contributed by atoms with E-state index in [1.165, 1.54) is 48.5 Å². The minimum Gasteiger partial charge on any atom is -0.465 e. The number of rotatable bonds is 4. The third-order valence-corrected chi connectivity index (χ3v) is 5.26. The summed E-state index contributed by atoms with van der Waals surface area (Å²) < 4.78 is 37.5. The standard InChI is InChI=1S/C17H12ClNO6S/c1-24-17(21)16-12(18)3-2-4-14(16)26(22,23)19-11-6-7-13-10(9-11)5-8-15(20)25-13/h2-9,19H,1H3. The second-order valence-corrected chi connectivity index (χ2v) is 7.28. The maximum Gasteiger partial charge on any atom is 0.340 e. The van der Waals surface area contributed by atoms with Crippen LogP contribution < -0.4 is 10.3 Å². The topological polar surface area (TPSA) is 103 Å². The number of hydrogen-bond acceptors (Lipinski definition) is 6. The number of esters is 1. The lowest BCUT2D eigenvalue weighted by Gasteiger charge is -2.12. The van der Waals surface area contributed by atoms with E-state index in [-0.39, 0.29) is 21.2 Å². The van der Waals surface area contributed by atoms with Gasteiger partial charge in [-0.3, -0.25) is 4.72 Å². The van der Waals surface area contributed by atoms with Gasteiger partial charge < -0.3 is 9.15 Å². The summed E-state index contributed by atoms with van der Waals surface area (Å²) in [5.41, 5.74) is -0.218. The monoisotopic (exact) mass is 393 g/mol. The Balaban J connectivity index is 2.05. The number of halogens is 1. The average Bonchev–Trinajstić information content (AvgIpc) is 2.60. The number of anilines is 1. The predicted molar refractivity (Wildman–Crippen MR) is 96.1 cm³/mol. The zero-order chi connectivity index (χ0) is 18.9. The van der Waals surface area contributed by atoms with Gasteiger partial charge in [-0.2, -0.15) is 0 Å². The van der Waals surface area contributed by atoms with Gasteiger partial charge in [-0.05, 0) is 36.4 Å². The summed E-state index contributed by atoms with van der Waals surface area (Å²) in [5, 5.41) is 0.490. The van der Waals surface area contributed by atoms with Crippen molar-refractivity contribution in [1.82, 2.24) is 0 Å². The van der Waals surface area contributed by atoms with Crippen LogP contribution in [0.2, 0.25) is 5.02 Å². The highest BCUT2D eigenvalue weighted by molar-refractivity contribution is 7.92. The van der Waals surface area contributed by atoms with Crippen LogP contribution in [0.1, 0.15) is 10.4 Å². The number of nitrogens with one attached hydrogen (secondary N) is 1. The van der Waals surface area contributed by atoms with E-state index in [9.17, 15) is 18.0 Å². The van der Waals surface area contributed by atoms with E-state index in [0.29, 0.717) is 11.0 Å². The summed E-state index contributed by atoms with van der Waals surface area (Å²) in [4.78, 5) is 22.8. The molecule has 0 radical (unpaired) electrons. The Morgan fingerprint density at radius 3 is 2.65 bits per heavy atom. The van der Waals surface area contributed by atoms with Gasteiger partial charge in [-0.1, -0.05) is 17.7 Å². The first-order valence-electron chi connectivity index (χ1n) is 7.25. The highest BCUT2D eigenvalue weighted by atomic mass is 35.5. The normalized spacial score (nSPS) is 11.3. The van der Waals surface area contributed by atoms with Gasteiger partial charge in [0.25, 0.3) is 10.0 Å². The molecule has 0 fully saturated rings. The lowest BCUT2D eigenvalue weighted by Crippen LogP contribution is -2.18. The van der Waals surface area contributed by atoms with Crippen LogP contribution in [0, 0.1) is 0 Å². The van der Waals surface area contributed by atoms with Gasteiger partial charge in [-0.15, -0.1) is 0 Å². The third-order valence-electron chi connectivity index (χ3n) is 3.53. The molecule has 2 aromatic carbocycles. The number of sulfonamides is 1. The summed E-state index contributed by atoms with van der Waals surface area (Å²) in [5.74, 6) is -0.865. The van der Waals surface area contributed by atoms with Gasteiger partial charge in [-0.25, -0.2) is 18.0 Å². The molecule has 26 heavy (non-hydrogen) atoms. The van der Waals surface area contributed by atoms with Gasteiger partial charge in [0.2, 0.25) is 0 Å². The van der Waals surface area contributed by atoms with E-state index in [1.54, 1.807) is 0 Å². The molecule has 0 aliphatic rings. The molecule has 0 bridgehead atoms. The van der Waals surface area contributed by atoms with Crippen molar-refractivity contribution in [2.24, 2.45) is 0 Å². The Morgan fingerprint density at radius 1 is 1.15 bits per heavy atom. The van der Waals surface area contributed by atoms with Crippen LogP contribution in [0.3, 0.4) is 0 Å². The summed E-state index contributed by atoms with van der Waals surface area (Å²) in [6.45, 7) is 0. The average molecular weight is 394 g/mol. The Bertz CT molecular complexity index is 1170. The highest BCUT2D eigenvalue weighted by Gasteiger charge is 2.25. The van der Waals surface area contributed by atoms with Gasteiger partial charge in [0, 0.05) is 17.1 Å². The highest BCUT2D eigenvalue weighted by Crippen LogP contribution is 2.27. The van der Waals surface area contributed by atoms with Crippen LogP contribution in [0.5, 0.6) is 0 Å². The van der Waals surface area contributed by atoms with Crippen molar-refractivity contribution in [2.75, 3.05) is 11.8 Å². The Morgan fingerprint density at radius 2 is 1.92 bits per heavy atom. The zero-order valence-electron chi connectivity index (χ0n) is 13.4. The van der Waals surface area contributed by atoms with Crippen LogP contribution in [0.4, 0.5) is 5.69 Å². The largest absolute Gasteiger partial charge is 0.465 e. The summed E-state index contributed by atoms with van der Waals surface area (Å²) >= 11 is 5.97. The molecule has 1 N–H and O–H groups in total. The van der Waals surface area contributed by atoms with Gasteiger partial charge in [0.15, 0.2) is 0 Å². The van der Waals surface area contributed by atoms with Crippen molar-refractivity contribution in [3.05, 3.63) is 69.5 Å². The Kier molecular flexibility index (Phi) is 4.71. The van der Waals surface area contributed by atoms with Gasteiger partial charge in [0.05, 0.1) is 17.7 Å². The molecule has 0 amide bonds. The van der Waals surface area contributed by atoms with Gasteiger partial charge in [0.1, 0.15) is 10.5 Å². The van der Waals surface area contributed by atoms with E-state index in [2.05, 4.69) is 9.46 Å². The number of fused-ring (bicyclic) bond motifs is 1. The fourth-order valence-corrected chi connectivity index (χ4v) is 3.95. The van der Waals surface area contributed by atoms with Crippen molar-refractivity contribution in [3.63, 3.8) is 0 Å². The molecule has 0 aliphatic carbocycles. The van der Waals surface area contributed by atoms with E-state index in [1.807, 2.05) is 0 Å². The van der Waals surface area contributed by atoms with E-state index < -0.39 is 21.6 Å². The number of ether oxygens (including phenoxy) is 1. The van der Waals surface area contributed by atoms with Crippen LogP contribution in [-0.2, 0) is 14.8 Å². The molecule has 3 aromatic rings. The molecule has 134 valence electrons. The molecule has 0 unspecified atom stereocenters. The molecule has 0 saturated carbocycles. The smallest absolute Gasteiger partial charge is 0.340 e. The predicted octanol–water partition coefficient (Wildman–Crippen LogP) is 3.03. The third kappa shape index (κ3) is 3.42. The van der Waals surface area contributed by atoms with Crippen molar-refractivity contribution in [3.8, 4) is 0 Å². The second-order valence-electron chi connectivity index (χ2n) is 5.22. The first kappa shape index (κ1) is 18.0. The molecule has 0 atom stereocenters. The number of carbonyl (C=O) groups excluding carboxylic acids is 1. The lowest BCUT2D eigenvalue weighted by atomic mass is 10.2. The van der Waals surface area contributed by atoms with Crippen LogP contribution >= 0.6 is 11.6 Å². The summed E-state index contributed by atoms with van der Waals surface area (Å²) in [6, 6.07) is 11.2. The minimum atomic E-state index is -4.13. The molecule has 1 heterocycles. The molecule has 1 aromatic heterocycles. The molecule has 7 nitrogen and oxygen atoms in total. The van der Waals surface area contributed by atoms with Crippen molar-refractivity contribution in [2.45, 2.75) is 4.90 Å². The number of methoxy groups -OCH3 is 1. The van der Waals surface area contributed by atoms with E-state index in [4.69, 9.17) is 16.0 Å². The van der Waals surface area contributed by atoms with Gasteiger partial charge >= 0.3 is 11.6 Å². The molecule has 9 heteroatoms. The van der Waals surface area contributed by atoms with Crippen molar-refractivity contribution >= 4 is 44.3 Å². The molecule has 0 spiro atoms. The zero-order valence-corrected chi connectivity index (χ0v) is 14.9.